The largest absolute Gasteiger partial charge is 0.489 e. The lowest BCUT2D eigenvalue weighted by molar-refractivity contribution is -0.151. The number of hydrogen-bond acceptors (Lipinski definition) is 8. The lowest BCUT2D eigenvalue weighted by Crippen LogP contribution is -2.40. The maximum Gasteiger partial charge on any atom is 0.387 e. The Balaban J connectivity index is 1.45. The summed E-state index contributed by atoms with van der Waals surface area (Å²) in [4.78, 5) is 18.5. The molecule has 5 rings (SSSR count). The predicted octanol–water partition coefficient (Wildman–Crippen LogP) is 6.90. The van der Waals surface area contributed by atoms with Gasteiger partial charge in [0.2, 0.25) is 0 Å². The van der Waals surface area contributed by atoms with Crippen LogP contribution in [0.15, 0.2) is 52.2 Å². The van der Waals surface area contributed by atoms with Gasteiger partial charge in [0.15, 0.2) is 16.9 Å². The fourth-order valence-electron chi connectivity index (χ4n) is 5.82. The average Bonchev–Trinajstić information content (AvgIpc) is 3.68. The van der Waals surface area contributed by atoms with E-state index in [4.69, 9.17) is 30.5 Å². The van der Waals surface area contributed by atoms with E-state index in [1.54, 1.807) is 23.9 Å². The van der Waals surface area contributed by atoms with Crippen molar-refractivity contribution < 1.29 is 32.5 Å². The Morgan fingerprint density at radius 1 is 1.21 bits per heavy atom. The molecule has 0 radical (unpaired) electrons. The number of morpholine rings is 1. The first-order valence-electron chi connectivity index (χ1n) is 15.0. The van der Waals surface area contributed by atoms with Gasteiger partial charge in [-0.25, -0.2) is 4.79 Å². The van der Waals surface area contributed by atoms with Crippen molar-refractivity contribution in [3.8, 4) is 11.5 Å². The normalized spacial score (nSPS) is 25.4. The van der Waals surface area contributed by atoms with Crippen LogP contribution < -0.4 is 9.47 Å². The SMILES string of the molecule is C=C1CC(C)=C(CCN2CCOCC2)N2CCS[C@H]2C(=O)O[C@H](c2ccc(OC(F)F)c(OCC3CC3)c2)C/C1=C(/C)Cl. The first-order chi connectivity index (χ1) is 20.7. The topological polar surface area (TPSA) is 60.5 Å². The number of nitrogens with zero attached hydrogens (tertiary/aromatic N) is 2. The molecule has 0 unspecified atom stereocenters. The standard InChI is InChI=1S/C32H41ClF2N2O5S/c1-20-16-21(2)26(8-9-36-10-13-39-14-11-36)37-12-15-43-30(37)31(38)41-28(18-25(20)22(3)33)24-6-7-27(42-32(34)35)29(17-24)40-19-23-4-5-23/h6-7,17,23,28,30,32H,1,4-5,8-16,18-19H2,2-3H3/b25-22+,26-21?/t28-,30-/m0/s1. The number of carbonyl (C=O) groups excluding carboxylic acids is 1. The third-order valence-electron chi connectivity index (χ3n) is 8.40. The van der Waals surface area contributed by atoms with Crippen molar-refractivity contribution in [3.05, 3.63) is 57.8 Å². The Kier molecular flexibility index (Phi) is 11.0. The summed E-state index contributed by atoms with van der Waals surface area (Å²) >= 11 is 8.23. The summed E-state index contributed by atoms with van der Waals surface area (Å²) in [6.07, 6.45) is 3.09. The zero-order valence-corrected chi connectivity index (χ0v) is 26.5. The summed E-state index contributed by atoms with van der Waals surface area (Å²) in [6, 6.07) is 4.76. The number of halogens is 3. The number of esters is 1. The second kappa shape index (κ2) is 14.7. The average molecular weight is 639 g/mol. The second-order valence-electron chi connectivity index (χ2n) is 11.6. The van der Waals surface area contributed by atoms with Gasteiger partial charge in [0.05, 0.1) is 19.8 Å². The summed E-state index contributed by atoms with van der Waals surface area (Å²) in [5.41, 5.74) is 4.61. The van der Waals surface area contributed by atoms with Crippen LogP contribution >= 0.6 is 23.4 Å². The summed E-state index contributed by atoms with van der Waals surface area (Å²) in [5.74, 6) is 1.05. The lowest BCUT2D eigenvalue weighted by atomic mass is 9.92. The molecule has 0 aromatic heterocycles. The van der Waals surface area contributed by atoms with Crippen LogP contribution in [0, 0.1) is 5.92 Å². The molecule has 43 heavy (non-hydrogen) atoms. The van der Waals surface area contributed by atoms with Crippen molar-refractivity contribution in [1.29, 1.82) is 0 Å². The highest BCUT2D eigenvalue weighted by atomic mass is 35.5. The molecule has 0 amide bonds. The van der Waals surface area contributed by atoms with E-state index in [0.717, 1.165) is 86.8 Å². The monoisotopic (exact) mass is 638 g/mol. The highest BCUT2D eigenvalue weighted by molar-refractivity contribution is 8.00. The van der Waals surface area contributed by atoms with Gasteiger partial charge < -0.3 is 23.8 Å². The van der Waals surface area contributed by atoms with Crippen LogP contribution in [0.25, 0.3) is 0 Å². The second-order valence-corrected chi connectivity index (χ2v) is 13.4. The fourth-order valence-corrected chi connectivity index (χ4v) is 7.16. The molecule has 7 nitrogen and oxygen atoms in total. The lowest BCUT2D eigenvalue weighted by Gasteiger charge is -2.32. The number of hydrogen-bond donors (Lipinski definition) is 0. The van der Waals surface area contributed by atoms with Gasteiger partial charge in [-0.2, -0.15) is 8.78 Å². The third kappa shape index (κ3) is 8.47. The van der Waals surface area contributed by atoms with E-state index in [1.165, 1.54) is 6.07 Å². The van der Waals surface area contributed by atoms with Crippen LogP contribution in [-0.2, 0) is 14.3 Å². The molecule has 3 heterocycles. The van der Waals surface area contributed by atoms with Gasteiger partial charge in [-0.15, -0.1) is 11.8 Å². The smallest absolute Gasteiger partial charge is 0.387 e. The van der Waals surface area contributed by atoms with Crippen LogP contribution in [0.5, 0.6) is 11.5 Å². The summed E-state index contributed by atoms with van der Waals surface area (Å²) in [7, 11) is 0. The number of thioether (sulfide) groups is 1. The van der Waals surface area contributed by atoms with E-state index in [2.05, 4.69) is 23.3 Å². The number of fused-ring (bicyclic) bond motifs is 1. The number of ether oxygens (including phenoxy) is 4. The number of cyclic esters (lactones) is 1. The van der Waals surface area contributed by atoms with Crippen LogP contribution in [0.2, 0.25) is 0 Å². The van der Waals surface area contributed by atoms with Crippen LogP contribution in [-0.4, -0.2) is 79.5 Å². The van der Waals surface area contributed by atoms with Crippen LogP contribution in [0.3, 0.4) is 0 Å². The van der Waals surface area contributed by atoms with Crippen molar-refractivity contribution in [2.24, 2.45) is 5.92 Å². The molecule has 236 valence electrons. The molecule has 1 aromatic rings. The van der Waals surface area contributed by atoms with Gasteiger partial charge in [0.25, 0.3) is 0 Å². The number of rotatable bonds is 9. The molecule has 0 spiro atoms. The van der Waals surface area contributed by atoms with Crippen LogP contribution in [0.1, 0.15) is 57.6 Å². The van der Waals surface area contributed by atoms with Crippen molar-refractivity contribution in [2.75, 3.05) is 51.8 Å². The zero-order chi connectivity index (χ0) is 30.5. The minimum atomic E-state index is -2.99. The van der Waals surface area contributed by atoms with Crippen molar-refractivity contribution in [1.82, 2.24) is 9.80 Å². The number of benzene rings is 1. The van der Waals surface area contributed by atoms with E-state index < -0.39 is 18.1 Å². The molecule has 1 aliphatic carbocycles. The van der Waals surface area contributed by atoms with Crippen LogP contribution in [0.4, 0.5) is 8.78 Å². The minimum absolute atomic E-state index is 0.0432. The van der Waals surface area contributed by atoms with Crippen molar-refractivity contribution >= 4 is 29.3 Å². The maximum atomic E-state index is 13.9. The number of alkyl halides is 2. The molecule has 0 N–H and O–H groups in total. The molecular formula is C32H41ClF2N2O5S. The Morgan fingerprint density at radius 2 is 1.98 bits per heavy atom. The highest BCUT2D eigenvalue weighted by Gasteiger charge is 2.37. The Morgan fingerprint density at radius 3 is 2.67 bits per heavy atom. The van der Waals surface area contributed by atoms with Gasteiger partial charge in [0.1, 0.15) is 6.10 Å². The molecular weight excluding hydrogens is 598 g/mol. The van der Waals surface area contributed by atoms with E-state index >= 15 is 0 Å². The Labute approximate surface area is 262 Å². The highest BCUT2D eigenvalue weighted by Crippen LogP contribution is 2.42. The first-order valence-corrected chi connectivity index (χ1v) is 16.4. The van der Waals surface area contributed by atoms with Gasteiger partial charge in [0, 0.05) is 55.5 Å². The quantitative estimate of drug-likeness (QED) is 0.271. The number of carbonyl (C=O) groups is 1. The van der Waals surface area contributed by atoms with E-state index in [-0.39, 0.29) is 17.5 Å². The minimum Gasteiger partial charge on any atom is -0.489 e. The van der Waals surface area contributed by atoms with E-state index in [0.29, 0.717) is 36.0 Å². The molecule has 3 fully saturated rings. The molecule has 0 bridgehead atoms. The summed E-state index contributed by atoms with van der Waals surface area (Å²) < 4.78 is 48.8. The molecule has 1 saturated carbocycles. The maximum absolute atomic E-state index is 13.9. The van der Waals surface area contributed by atoms with E-state index in [1.807, 2.05) is 6.92 Å². The van der Waals surface area contributed by atoms with Gasteiger partial charge in [-0.3, -0.25) is 4.90 Å². The zero-order valence-electron chi connectivity index (χ0n) is 24.9. The molecule has 3 aliphatic heterocycles. The van der Waals surface area contributed by atoms with Crippen molar-refractivity contribution in [2.45, 2.75) is 64.0 Å². The third-order valence-corrected chi connectivity index (χ3v) is 9.81. The molecule has 11 heteroatoms. The first kappa shape index (κ1) is 32.1. The van der Waals surface area contributed by atoms with E-state index in [9.17, 15) is 13.6 Å². The molecule has 1 aromatic carbocycles. The predicted molar refractivity (Wildman–Crippen MR) is 165 cm³/mol. The summed E-state index contributed by atoms with van der Waals surface area (Å²) in [6.45, 7) is 10.7. The fraction of sp³-hybridized carbons (Fsp3) is 0.594. The van der Waals surface area contributed by atoms with Gasteiger partial charge in [-0.05, 0) is 73.4 Å². The molecule has 4 aliphatic rings. The van der Waals surface area contributed by atoms with Crippen molar-refractivity contribution in [3.63, 3.8) is 0 Å². The number of allylic oxidation sites excluding steroid dienone is 3. The van der Waals surface area contributed by atoms with Gasteiger partial charge >= 0.3 is 12.6 Å². The Bertz CT molecular complexity index is 1240. The molecule has 2 saturated heterocycles. The summed E-state index contributed by atoms with van der Waals surface area (Å²) in [5, 5.41) is 0.0887. The molecule has 2 atom stereocenters. The Hall–Kier alpha value is -2.27. The van der Waals surface area contributed by atoms with Gasteiger partial charge in [-0.1, -0.05) is 24.2 Å².